The van der Waals surface area contributed by atoms with Crippen molar-refractivity contribution < 1.29 is 14.3 Å². The number of anilines is 3. The van der Waals surface area contributed by atoms with E-state index in [1.54, 1.807) is 37.4 Å². The topological polar surface area (TPSA) is 67.8 Å². The Kier molecular flexibility index (Phi) is 5.22. The van der Waals surface area contributed by atoms with Crippen LogP contribution < -0.4 is 19.3 Å². The first-order valence-corrected chi connectivity index (χ1v) is 9.85. The van der Waals surface area contributed by atoms with Gasteiger partial charge in [0.15, 0.2) is 5.82 Å². The minimum Gasteiger partial charge on any atom is -0.497 e. The highest BCUT2D eigenvalue weighted by molar-refractivity contribution is 6.30. The van der Waals surface area contributed by atoms with Crippen molar-refractivity contribution in [2.24, 2.45) is 0 Å². The molecule has 2 aromatic heterocycles. The Morgan fingerprint density at radius 3 is 2.60 bits per heavy atom. The first-order valence-electron chi connectivity index (χ1n) is 9.47. The number of fused-ring (bicyclic) bond motifs is 2. The number of rotatable bonds is 4. The van der Waals surface area contributed by atoms with Gasteiger partial charge in [0.25, 0.3) is 5.91 Å². The second-order valence-electron chi connectivity index (χ2n) is 6.87. The van der Waals surface area contributed by atoms with Crippen LogP contribution in [0.3, 0.4) is 0 Å². The summed E-state index contributed by atoms with van der Waals surface area (Å²) in [6, 6.07) is 10.8. The maximum absolute atomic E-state index is 13.3. The van der Waals surface area contributed by atoms with Gasteiger partial charge in [-0.1, -0.05) is 17.7 Å². The lowest BCUT2D eigenvalue weighted by atomic mass is 10.2. The van der Waals surface area contributed by atoms with Crippen molar-refractivity contribution in [2.45, 2.75) is 13.8 Å². The minimum absolute atomic E-state index is 0.200. The molecule has 7 nitrogen and oxygen atoms in total. The zero-order valence-corrected chi connectivity index (χ0v) is 17.9. The van der Waals surface area contributed by atoms with Gasteiger partial charge in [-0.3, -0.25) is 4.79 Å². The molecule has 0 aliphatic carbocycles. The van der Waals surface area contributed by atoms with Gasteiger partial charge < -0.3 is 19.3 Å². The van der Waals surface area contributed by atoms with E-state index in [1.807, 2.05) is 43.0 Å². The summed E-state index contributed by atoms with van der Waals surface area (Å²) in [5.74, 6) is 2.62. The summed E-state index contributed by atoms with van der Waals surface area (Å²) in [6.45, 7) is 4.40. The Bertz CT molecular complexity index is 1140. The zero-order chi connectivity index (χ0) is 21.4. The molecule has 1 aliphatic heterocycles. The first kappa shape index (κ1) is 20.0. The third-order valence-electron chi connectivity index (χ3n) is 4.95. The average molecular weight is 425 g/mol. The number of hydrogen-bond acceptors (Lipinski definition) is 6. The Balaban J connectivity index is 1.80. The van der Waals surface area contributed by atoms with Crippen LogP contribution >= 0.6 is 11.6 Å². The van der Waals surface area contributed by atoms with E-state index in [4.69, 9.17) is 21.1 Å². The number of aryl methyl sites for hydroxylation is 1. The van der Waals surface area contributed by atoms with E-state index in [0.29, 0.717) is 51.8 Å². The molecule has 0 bridgehead atoms. The maximum atomic E-state index is 13.3. The van der Waals surface area contributed by atoms with Gasteiger partial charge in [0.1, 0.15) is 28.2 Å². The predicted octanol–water partition coefficient (Wildman–Crippen LogP) is 4.99. The number of hydrogen-bond donors (Lipinski definition) is 0. The molecule has 0 saturated heterocycles. The molecule has 4 rings (SSSR count). The Morgan fingerprint density at radius 2 is 1.87 bits per heavy atom. The van der Waals surface area contributed by atoms with Crippen molar-refractivity contribution in [3.63, 3.8) is 0 Å². The number of carbonyl (C=O) groups excluding carboxylic acids is 1. The van der Waals surface area contributed by atoms with Gasteiger partial charge in [-0.25, -0.2) is 9.97 Å². The Labute approximate surface area is 179 Å². The van der Waals surface area contributed by atoms with E-state index >= 15 is 0 Å². The van der Waals surface area contributed by atoms with Crippen LogP contribution in [0.5, 0.6) is 17.2 Å². The lowest BCUT2D eigenvalue weighted by molar-refractivity contribution is 0.0993. The molecule has 0 fully saturated rings. The molecule has 0 saturated carbocycles. The van der Waals surface area contributed by atoms with Gasteiger partial charge in [-0.2, -0.15) is 0 Å². The standard InChI is InChI=1S/C22H21ClN4O3/c1-5-27-20-17(22(28)26(3)18-9-13(2)19(23)25-21(18)27)11-16(12-24-20)30-15-8-6-7-14(10-15)29-4/h6-12H,5H2,1-4H3. The minimum atomic E-state index is -0.200. The summed E-state index contributed by atoms with van der Waals surface area (Å²) < 4.78 is 11.2. The molecule has 1 aromatic carbocycles. The van der Waals surface area contributed by atoms with Gasteiger partial charge in [-0.05, 0) is 43.7 Å². The number of pyridine rings is 2. The van der Waals surface area contributed by atoms with E-state index in [9.17, 15) is 4.79 Å². The Morgan fingerprint density at radius 1 is 1.10 bits per heavy atom. The molecule has 154 valence electrons. The van der Waals surface area contributed by atoms with Crippen LogP contribution in [-0.4, -0.2) is 36.6 Å². The molecule has 0 spiro atoms. The molecule has 3 heterocycles. The van der Waals surface area contributed by atoms with E-state index in [2.05, 4.69) is 9.97 Å². The smallest absolute Gasteiger partial charge is 0.262 e. The van der Waals surface area contributed by atoms with Crippen LogP contribution in [0.2, 0.25) is 5.15 Å². The van der Waals surface area contributed by atoms with E-state index in [0.717, 1.165) is 5.56 Å². The predicted molar refractivity (Wildman–Crippen MR) is 117 cm³/mol. The summed E-state index contributed by atoms with van der Waals surface area (Å²) in [6.07, 6.45) is 1.59. The van der Waals surface area contributed by atoms with Crippen LogP contribution in [0.1, 0.15) is 22.8 Å². The molecule has 0 unspecified atom stereocenters. The lowest BCUT2D eigenvalue weighted by Gasteiger charge is -2.23. The number of aromatic nitrogens is 2. The van der Waals surface area contributed by atoms with Crippen LogP contribution in [0.25, 0.3) is 0 Å². The summed E-state index contributed by atoms with van der Waals surface area (Å²) in [7, 11) is 3.31. The van der Waals surface area contributed by atoms with Crippen molar-refractivity contribution in [3.8, 4) is 17.2 Å². The molecule has 1 aliphatic rings. The number of halogens is 1. The van der Waals surface area contributed by atoms with Crippen LogP contribution in [0.4, 0.5) is 17.3 Å². The van der Waals surface area contributed by atoms with Crippen molar-refractivity contribution >= 4 is 34.8 Å². The number of methoxy groups -OCH3 is 1. The molecule has 0 radical (unpaired) electrons. The second kappa shape index (κ2) is 7.84. The summed E-state index contributed by atoms with van der Waals surface area (Å²) >= 11 is 6.28. The van der Waals surface area contributed by atoms with Gasteiger partial charge in [0.2, 0.25) is 0 Å². The lowest BCUT2D eigenvalue weighted by Crippen LogP contribution is -2.25. The van der Waals surface area contributed by atoms with Gasteiger partial charge >= 0.3 is 0 Å². The third-order valence-corrected chi connectivity index (χ3v) is 5.34. The summed E-state index contributed by atoms with van der Waals surface area (Å²) in [5, 5.41) is 0.398. The average Bonchev–Trinajstić information content (AvgIpc) is 2.83. The SMILES string of the molecule is CCN1c2ncc(Oc3cccc(OC)c3)cc2C(=O)N(C)c2cc(C)c(Cl)nc21. The first-order chi connectivity index (χ1) is 14.4. The maximum Gasteiger partial charge on any atom is 0.262 e. The number of ether oxygens (including phenoxy) is 2. The van der Waals surface area contributed by atoms with Crippen molar-refractivity contribution in [1.82, 2.24) is 9.97 Å². The fourth-order valence-electron chi connectivity index (χ4n) is 3.37. The van der Waals surface area contributed by atoms with Crippen molar-refractivity contribution in [3.05, 3.63) is 58.9 Å². The molecule has 8 heteroatoms. The van der Waals surface area contributed by atoms with Crippen LogP contribution in [0, 0.1) is 6.92 Å². The van der Waals surface area contributed by atoms with Crippen molar-refractivity contribution in [2.75, 3.05) is 30.5 Å². The fourth-order valence-corrected chi connectivity index (χ4v) is 3.51. The van der Waals surface area contributed by atoms with Crippen LogP contribution in [0.15, 0.2) is 42.6 Å². The monoisotopic (exact) mass is 424 g/mol. The van der Waals surface area contributed by atoms with E-state index < -0.39 is 0 Å². The summed E-state index contributed by atoms with van der Waals surface area (Å²) in [5.41, 5.74) is 1.90. The van der Waals surface area contributed by atoms with Crippen LogP contribution in [-0.2, 0) is 0 Å². The molecule has 30 heavy (non-hydrogen) atoms. The highest BCUT2D eigenvalue weighted by Gasteiger charge is 2.31. The molecule has 0 atom stereocenters. The van der Waals surface area contributed by atoms with Gasteiger partial charge in [0.05, 0.1) is 24.6 Å². The van der Waals surface area contributed by atoms with Gasteiger partial charge in [0, 0.05) is 19.7 Å². The normalized spacial score (nSPS) is 12.9. The van der Waals surface area contributed by atoms with E-state index in [1.165, 1.54) is 0 Å². The quantitative estimate of drug-likeness (QED) is 0.550. The highest BCUT2D eigenvalue weighted by Crippen LogP contribution is 2.40. The van der Waals surface area contributed by atoms with Gasteiger partial charge in [-0.15, -0.1) is 0 Å². The van der Waals surface area contributed by atoms with E-state index in [-0.39, 0.29) is 5.91 Å². The molecule has 1 amide bonds. The molecular formula is C22H21ClN4O3. The Hall–Kier alpha value is -3.32. The number of amides is 1. The number of carbonyl (C=O) groups is 1. The number of benzene rings is 1. The molecule has 3 aromatic rings. The third kappa shape index (κ3) is 3.41. The molecule has 0 N–H and O–H groups in total. The zero-order valence-electron chi connectivity index (χ0n) is 17.1. The fraction of sp³-hybridized carbons (Fsp3) is 0.227. The second-order valence-corrected chi connectivity index (χ2v) is 7.23. The highest BCUT2D eigenvalue weighted by atomic mass is 35.5. The largest absolute Gasteiger partial charge is 0.497 e. The molecular weight excluding hydrogens is 404 g/mol. The number of nitrogens with zero attached hydrogens (tertiary/aromatic N) is 4. The van der Waals surface area contributed by atoms with Crippen molar-refractivity contribution in [1.29, 1.82) is 0 Å². The summed E-state index contributed by atoms with van der Waals surface area (Å²) in [4.78, 5) is 25.8.